The van der Waals surface area contributed by atoms with Gasteiger partial charge in [0, 0.05) is 14.5 Å². The summed E-state index contributed by atoms with van der Waals surface area (Å²) in [4.78, 5) is 38.5. The highest BCUT2D eigenvalue weighted by Gasteiger charge is 2.37. The van der Waals surface area contributed by atoms with Gasteiger partial charge in [0.25, 0.3) is 11.8 Å². The Balaban J connectivity index is 1.69. The van der Waals surface area contributed by atoms with Gasteiger partial charge in [0.05, 0.1) is 5.69 Å². The summed E-state index contributed by atoms with van der Waals surface area (Å²) in [5, 5.41) is 2.20. The Morgan fingerprint density at radius 1 is 1.00 bits per heavy atom. The van der Waals surface area contributed by atoms with E-state index in [1.54, 1.807) is 36.4 Å². The molecule has 6 nitrogen and oxygen atoms in total. The molecule has 0 spiro atoms. The van der Waals surface area contributed by atoms with Crippen LogP contribution in [0.15, 0.2) is 73.5 Å². The van der Waals surface area contributed by atoms with E-state index in [-0.39, 0.29) is 5.57 Å². The summed E-state index contributed by atoms with van der Waals surface area (Å²) < 4.78 is 7.39. The number of nitrogens with one attached hydrogen (secondary N) is 1. The van der Waals surface area contributed by atoms with Crippen molar-refractivity contribution in [3.8, 4) is 11.3 Å². The summed E-state index contributed by atoms with van der Waals surface area (Å²) in [6.45, 7) is 1.98. The number of carbonyl (C=O) groups is 3. The van der Waals surface area contributed by atoms with Crippen LogP contribution in [-0.2, 0) is 9.59 Å². The van der Waals surface area contributed by atoms with Crippen LogP contribution in [0.3, 0.4) is 0 Å². The molecule has 0 aliphatic carbocycles. The Morgan fingerprint density at radius 2 is 1.80 bits per heavy atom. The number of imide groups is 2. The molecule has 1 aliphatic heterocycles. The summed E-state index contributed by atoms with van der Waals surface area (Å²) in [6, 6.07) is 15.1. The molecular formula is C22H14Br2N2O4. The minimum atomic E-state index is -0.802. The second kappa shape index (κ2) is 8.04. The van der Waals surface area contributed by atoms with E-state index in [0.29, 0.717) is 21.7 Å². The van der Waals surface area contributed by atoms with Gasteiger partial charge in [-0.2, -0.15) is 0 Å². The number of benzene rings is 2. The van der Waals surface area contributed by atoms with Crippen molar-refractivity contribution in [3.05, 3.63) is 80.4 Å². The Bertz CT molecular complexity index is 1230. The van der Waals surface area contributed by atoms with Crippen LogP contribution < -0.4 is 10.2 Å². The Kier molecular flexibility index (Phi) is 5.44. The molecule has 1 N–H and O–H groups in total. The minimum Gasteiger partial charge on any atom is -0.457 e. The zero-order valence-electron chi connectivity index (χ0n) is 15.6. The lowest BCUT2D eigenvalue weighted by molar-refractivity contribution is -0.122. The molecule has 0 saturated carbocycles. The van der Waals surface area contributed by atoms with Gasteiger partial charge < -0.3 is 4.42 Å². The minimum absolute atomic E-state index is 0.196. The molecule has 0 unspecified atom stereocenters. The van der Waals surface area contributed by atoms with Gasteiger partial charge in [-0.3, -0.25) is 14.9 Å². The number of barbiturate groups is 1. The van der Waals surface area contributed by atoms with E-state index in [2.05, 4.69) is 37.2 Å². The van der Waals surface area contributed by atoms with Gasteiger partial charge in [0.1, 0.15) is 17.1 Å². The van der Waals surface area contributed by atoms with Crippen molar-refractivity contribution in [3.63, 3.8) is 0 Å². The lowest BCUT2D eigenvalue weighted by Gasteiger charge is -2.26. The van der Waals surface area contributed by atoms with Gasteiger partial charge in [0.2, 0.25) is 0 Å². The molecule has 3 aromatic rings. The topological polar surface area (TPSA) is 79.6 Å². The highest BCUT2D eigenvalue weighted by atomic mass is 79.9. The Morgan fingerprint density at radius 3 is 2.53 bits per heavy atom. The molecule has 1 aromatic heterocycles. The average Bonchev–Trinajstić information content (AvgIpc) is 3.13. The number of halogens is 2. The molecular weight excluding hydrogens is 516 g/mol. The molecule has 4 rings (SSSR count). The van der Waals surface area contributed by atoms with Gasteiger partial charge in [-0.1, -0.05) is 44.0 Å². The van der Waals surface area contributed by atoms with Gasteiger partial charge >= 0.3 is 6.03 Å². The maximum atomic E-state index is 12.9. The lowest BCUT2D eigenvalue weighted by Crippen LogP contribution is -2.54. The largest absolute Gasteiger partial charge is 0.457 e. The zero-order chi connectivity index (χ0) is 21.4. The average molecular weight is 530 g/mol. The molecule has 30 heavy (non-hydrogen) atoms. The Labute approximate surface area is 188 Å². The van der Waals surface area contributed by atoms with Crippen LogP contribution >= 0.6 is 31.9 Å². The number of aryl methyl sites for hydroxylation is 1. The van der Waals surface area contributed by atoms with Crippen LogP contribution in [0.2, 0.25) is 0 Å². The number of furan rings is 1. The fourth-order valence-electron chi connectivity index (χ4n) is 3.04. The fraction of sp³-hybridized carbons (Fsp3) is 0.0455. The number of anilines is 1. The van der Waals surface area contributed by atoms with Crippen LogP contribution in [0.5, 0.6) is 0 Å². The lowest BCUT2D eigenvalue weighted by atomic mass is 10.1. The SMILES string of the molecule is Cc1ccc(-c2ccc(/C=C3/C(=O)NC(=O)N(c4cccc(Br)c4)C3=O)o2)c(Br)c1. The molecule has 1 saturated heterocycles. The maximum Gasteiger partial charge on any atom is 0.335 e. The van der Waals surface area contributed by atoms with E-state index >= 15 is 0 Å². The van der Waals surface area contributed by atoms with Crippen LogP contribution in [0.1, 0.15) is 11.3 Å². The van der Waals surface area contributed by atoms with E-state index in [0.717, 1.165) is 20.5 Å². The zero-order valence-corrected chi connectivity index (χ0v) is 18.8. The third-order valence-corrected chi connectivity index (χ3v) is 5.62. The van der Waals surface area contributed by atoms with E-state index in [1.165, 1.54) is 6.08 Å². The van der Waals surface area contributed by atoms with Crippen LogP contribution in [0.4, 0.5) is 10.5 Å². The molecule has 0 radical (unpaired) electrons. The summed E-state index contributed by atoms with van der Waals surface area (Å²) >= 11 is 6.83. The first-order valence-electron chi connectivity index (χ1n) is 8.87. The van der Waals surface area contributed by atoms with Crippen LogP contribution in [0, 0.1) is 6.92 Å². The first kappa shape index (κ1) is 20.3. The number of urea groups is 1. The van der Waals surface area contributed by atoms with E-state index < -0.39 is 17.8 Å². The number of carbonyl (C=O) groups excluding carboxylic acids is 3. The summed E-state index contributed by atoms with van der Waals surface area (Å²) in [5.74, 6) is -0.598. The molecule has 4 amide bonds. The molecule has 1 fully saturated rings. The van der Waals surface area contributed by atoms with Crippen molar-refractivity contribution in [2.24, 2.45) is 0 Å². The predicted octanol–water partition coefficient (Wildman–Crippen LogP) is 5.45. The Hall–Kier alpha value is -2.97. The van der Waals surface area contributed by atoms with Gasteiger partial charge in [-0.05, 0) is 61.0 Å². The number of rotatable bonds is 3. The summed E-state index contributed by atoms with van der Waals surface area (Å²) in [6.07, 6.45) is 1.33. The quantitative estimate of drug-likeness (QED) is 0.361. The van der Waals surface area contributed by atoms with Crippen LogP contribution in [0.25, 0.3) is 17.4 Å². The molecule has 150 valence electrons. The van der Waals surface area contributed by atoms with E-state index in [1.807, 2.05) is 25.1 Å². The van der Waals surface area contributed by atoms with Gasteiger partial charge in [-0.15, -0.1) is 0 Å². The maximum absolute atomic E-state index is 12.9. The molecule has 0 atom stereocenters. The van der Waals surface area contributed by atoms with E-state index in [4.69, 9.17) is 4.42 Å². The molecule has 2 heterocycles. The van der Waals surface area contributed by atoms with Crippen molar-refractivity contribution in [2.45, 2.75) is 6.92 Å². The summed E-state index contributed by atoms with van der Waals surface area (Å²) in [5.41, 5.74) is 2.09. The third kappa shape index (κ3) is 3.88. The standard InChI is InChI=1S/C22H14Br2N2O4/c1-12-5-7-16(18(24)9-12)19-8-6-15(30-19)11-17-20(27)25-22(29)26(21(17)28)14-4-2-3-13(23)10-14/h2-11H,1H3,(H,25,27,29)/b17-11-. The number of hydrogen-bond acceptors (Lipinski definition) is 4. The van der Waals surface area contributed by atoms with Crippen molar-refractivity contribution < 1.29 is 18.8 Å². The predicted molar refractivity (Wildman–Crippen MR) is 120 cm³/mol. The smallest absolute Gasteiger partial charge is 0.335 e. The molecule has 2 aromatic carbocycles. The first-order chi connectivity index (χ1) is 14.3. The van der Waals surface area contributed by atoms with Gasteiger partial charge in [0.15, 0.2) is 0 Å². The van der Waals surface area contributed by atoms with Gasteiger partial charge in [-0.25, -0.2) is 9.69 Å². The molecule has 1 aliphatic rings. The van der Waals surface area contributed by atoms with Crippen LogP contribution in [-0.4, -0.2) is 17.8 Å². The van der Waals surface area contributed by atoms with Crippen molar-refractivity contribution in [2.75, 3.05) is 4.90 Å². The summed E-state index contributed by atoms with van der Waals surface area (Å²) in [7, 11) is 0. The van der Waals surface area contributed by atoms with E-state index in [9.17, 15) is 14.4 Å². The second-order valence-electron chi connectivity index (χ2n) is 6.62. The highest BCUT2D eigenvalue weighted by Crippen LogP contribution is 2.31. The highest BCUT2D eigenvalue weighted by molar-refractivity contribution is 9.10. The molecule has 8 heteroatoms. The van der Waals surface area contributed by atoms with Crippen molar-refractivity contribution in [1.29, 1.82) is 0 Å². The molecule has 0 bridgehead atoms. The fourth-order valence-corrected chi connectivity index (χ4v) is 4.12. The number of hydrogen-bond donors (Lipinski definition) is 1. The van der Waals surface area contributed by atoms with Crippen molar-refractivity contribution in [1.82, 2.24) is 5.32 Å². The number of amides is 4. The number of nitrogens with zero attached hydrogens (tertiary/aromatic N) is 1. The first-order valence-corrected chi connectivity index (χ1v) is 10.5. The second-order valence-corrected chi connectivity index (χ2v) is 8.39. The monoisotopic (exact) mass is 528 g/mol. The third-order valence-electron chi connectivity index (χ3n) is 4.47. The normalized spacial score (nSPS) is 15.6. The van der Waals surface area contributed by atoms with Crippen molar-refractivity contribution >= 4 is 61.5 Å².